The topological polar surface area (TPSA) is 84.9 Å². The molecular weight excluding hydrogens is 596 g/mol. The molecule has 0 aliphatic rings. The Hall–Kier alpha value is -5.47. The minimum atomic E-state index is -0.728. The monoisotopic (exact) mass is 630 g/mol. The molecule has 0 saturated heterocycles. The molecule has 1 amide bonds. The van der Waals surface area contributed by atoms with Crippen molar-refractivity contribution in [3.8, 4) is 5.75 Å². The molecule has 0 bridgehead atoms. The Morgan fingerprint density at radius 2 is 1.52 bits per heavy atom. The average molecular weight is 631 g/mol. The zero-order valence-electron chi connectivity index (χ0n) is 25.4. The second-order valence-electron chi connectivity index (χ2n) is 10.3. The van der Waals surface area contributed by atoms with Gasteiger partial charge in [0.1, 0.15) is 18.4 Å². The summed E-state index contributed by atoms with van der Waals surface area (Å²) >= 11 is 1.57. The molecule has 4 aromatic carbocycles. The first-order valence-corrected chi connectivity index (χ1v) is 15.7. The van der Waals surface area contributed by atoms with Crippen LogP contribution in [-0.2, 0) is 20.7 Å². The van der Waals surface area contributed by atoms with Crippen LogP contribution in [0.2, 0.25) is 0 Å². The summed E-state index contributed by atoms with van der Waals surface area (Å²) in [7, 11) is 1.34. The van der Waals surface area contributed by atoms with Gasteiger partial charge in [-0.25, -0.2) is 4.79 Å². The molecule has 0 aliphatic heterocycles. The molecule has 1 N–H and O–H groups in total. The summed E-state index contributed by atoms with van der Waals surface area (Å²) in [6.45, 7) is 0.639. The van der Waals surface area contributed by atoms with Crippen LogP contribution in [-0.4, -0.2) is 44.0 Å². The van der Waals surface area contributed by atoms with E-state index < -0.39 is 12.0 Å². The van der Waals surface area contributed by atoms with Crippen molar-refractivity contribution in [2.75, 3.05) is 30.5 Å². The summed E-state index contributed by atoms with van der Waals surface area (Å²) in [5, 5.41) is 5.21. The van der Waals surface area contributed by atoms with Crippen LogP contribution in [0.3, 0.4) is 0 Å². The first-order chi connectivity index (χ1) is 22.5. The number of rotatable bonds is 14. The lowest BCUT2D eigenvalue weighted by molar-refractivity contribution is -0.141. The van der Waals surface area contributed by atoms with Crippen molar-refractivity contribution >= 4 is 46.4 Å². The fourth-order valence-electron chi connectivity index (χ4n) is 4.89. The Labute approximate surface area is 272 Å². The van der Waals surface area contributed by atoms with E-state index in [0.29, 0.717) is 35.5 Å². The third-order valence-corrected chi connectivity index (χ3v) is 8.07. The normalized spacial score (nSPS) is 11.5. The zero-order valence-corrected chi connectivity index (χ0v) is 26.2. The summed E-state index contributed by atoms with van der Waals surface area (Å²) < 4.78 is 11.1. The molecule has 5 rings (SSSR count). The van der Waals surface area contributed by atoms with Crippen LogP contribution < -0.4 is 15.0 Å². The number of nitrogens with zero attached hydrogens (tertiary/aromatic N) is 1. The van der Waals surface area contributed by atoms with Crippen LogP contribution in [0.15, 0.2) is 133 Å². The van der Waals surface area contributed by atoms with Crippen LogP contribution in [0, 0.1) is 0 Å². The van der Waals surface area contributed by atoms with Gasteiger partial charge in [-0.1, -0.05) is 78.9 Å². The Kier molecular flexibility index (Phi) is 11.1. The lowest BCUT2D eigenvalue weighted by Gasteiger charge is -2.22. The molecule has 0 saturated carbocycles. The molecule has 1 unspecified atom stereocenters. The molecule has 0 aliphatic carbocycles. The average Bonchev–Trinajstić information content (AvgIpc) is 3.64. The number of benzene rings is 4. The number of ether oxygens (including phenoxy) is 2. The molecule has 1 aromatic heterocycles. The molecule has 232 valence electrons. The predicted octanol–water partition coefficient (Wildman–Crippen LogP) is 7.30. The Morgan fingerprint density at radius 1 is 0.826 bits per heavy atom. The van der Waals surface area contributed by atoms with E-state index in [2.05, 4.69) is 5.32 Å². The maximum absolute atomic E-state index is 13.2. The molecule has 0 fully saturated rings. The summed E-state index contributed by atoms with van der Waals surface area (Å²) in [6, 6.07) is 36.3. The van der Waals surface area contributed by atoms with Gasteiger partial charge in [0.15, 0.2) is 5.78 Å². The van der Waals surface area contributed by atoms with Crippen LogP contribution in [0.5, 0.6) is 5.75 Å². The molecule has 1 atom stereocenters. The first kappa shape index (κ1) is 31.9. The van der Waals surface area contributed by atoms with Gasteiger partial charge in [0.25, 0.3) is 5.91 Å². The number of hydrogen-bond acceptors (Lipinski definition) is 7. The zero-order chi connectivity index (χ0) is 32.1. The van der Waals surface area contributed by atoms with Crippen LogP contribution in [0.1, 0.15) is 26.4 Å². The molecule has 0 spiro atoms. The third-order valence-electron chi connectivity index (χ3n) is 7.24. The Bertz CT molecular complexity index is 1750. The lowest BCUT2D eigenvalue weighted by Crippen LogP contribution is -2.33. The van der Waals surface area contributed by atoms with E-state index in [9.17, 15) is 14.4 Å². The van der Waals surface area contributed by atoms with Gasteiger partial charge in [0, 0.05) is 39.9 Å². The summed E-state index contributed by atoms with van der Waals surface area (Å²) in [5.74, 6) is -0.0763. The molecular formula is C38H34N2O5S. The maximum Gasteiger partial charge on any atom is 0.328 e. The van der Waals surface area contributed by atoms with Gasteiger partial charge in [-0.3, -0.25) is 9.59 Å². The van der Waals surface area contributed by atoms with Gasteiger partial charge in [0.05, 0.1) is 13.7 Å². The first-order valence-electron chi connectivity index (χ1n) is 14.8. The number of anilines is 2. The lowest BCUT2D eigenvalue weighted by atomic mass is 10.00. The largest absolute Gasteiger partial charge is 0.492 e. The fourth-order valence-corrected chi connectivity index (χ4v) is 5.51. The minimum absolute atomic E-state index is 0.132. The van der Waals surface area contributed by atoms with Crippen molar-refractivity contribution in [1.82, 2.24) is 0 Å². The van der Waals surface area contributed by atoms with E-state index in [1.807, 2.05) is 102 Å². The van der Waals surface area contributed by atoms with E-state index in [-0.39, 0.29) is 18.3 Å². The van der Waals surface area contributed by atoms with E-state index in [1.54, 1.807) is 52.6 Å². The van der Waals surface area contributed by atoms with Crippen molar-refractivity contribution in [3.63, 3.8) is 0 Å². The summed E-state index contributed by atoms with van der Waals surface area (Å²) in [6.07, 6.45) is 3.72. The van der Waals surface area contributed by atoms with Gasteiger partial charge < -0.3 is 19.7 Å². The number of esters is 1. The second kappa shape index (κ2) is 16.0. The van der Waals surface area contributed by atoms with Crippen molar-refractivity contribution in [3.05, 3.63) is 154 Å². The van der Waals surface area contributed by atoms with E-state index in [1.165, 1.54) is 7.11 Å². The predicted molar refractivity (Wildman–Crippen MR) is 184 cm³/mol. The number of hydrogen-bond donors (Lipinski definition) is 1. The van der Waals surface area contributed by atoms with E-state index >= 15 is 0 Å². The molecule has 8 heteroatoms. The Balaban J connectivity index is 1.22. The highest BCUT2D eigenvalue weighted by atomic mass is 32.1. The van der Waals surface area contributed by atoms with Crippen molar-refractivity contribution < 1.29 is 23.9 Å². The van der Waals surface area contributed by atoms with E-state index in [0.717, 1.165) is 16.1 Å². The number of thiophene rings is 1. The summed E-state index contributed by atoms with van der Waals surface area (Å²) in [4.78, 5) is 41.8. The van der Waals surface area contributed by atoms with Crippen molar-refractivity contribution in [2.45, 2.75) is 12.5 Å². The van der Waals surface area contributed by atoms with Gasteiger partial charge in [0.2, 0.25) is 0 Å². The van der Waals surface area contributed by atoms with Crippen molar-refractivity contribution in [2.24, 2.45) is 0 Å². The van der Waals surface area contributed by atoms with E-state index in [4.69, 9.17) is 9.47 Å². The van der Waals surface area contributed by atoms with Gasteiger partial charge >= 0.3 is 5.97 Å². The number of methoxy groups -OCH3 is 1. The second-order valence-corrected chi connectivity index (χ2v) is 11.3. The van der Waals surface area contributed by atoms with Crippen LogP contribution in [0.25, 0.3) is 6.08 Å². The number of ketones is 1. The number of carbonyl (C=O) groups is 3. The summed E-state index contributed by atoms with van der Waals surface area (Å²) in [5.41, 5.74) is 3.25. The quantitative estimate of drug-likeness (QED) is 0.0788. The number of carbonyl (C=O) groups excluding carboxylic acids is 3. The molecule has 7 nitrogen and oxygen atoms in total. The fraction of sp³-hybridized carbons (Fsp3) is 0.132. The molecule has 5 aromatic rings. The number of para-hydroxylation sites is 2. The highest BCUT2D eigenvalue weighted by Gasteiger charge is 2.23. The molecule has 0 radical (unpaired) electrons. The highest BCUT2D eigenvalue weighted by molar-refractivity contribution is 7.10. The minimum Gasteiger partial charge on any atom is -0.492 e. The maximum atomic E-state index is 13.2. The number of nitrogens with one attached hydrogen (secondary N) is 1. The smallest absolute Gasteiger partial charge is 0.328 e. The van der Waals surface area contributed by atoms with Gasteiger partial charge in [-0.2, -0.15) is 0 Å². The van der Waals surface area contributed by atoms with Gasteiger partial charge in [-0.15, -0.1) is 11.3 Å². The third kappa shape index (κ3) is 8.58. The highest BCUT2D eigenvalue weighted by Crippen LogP contribution is 2.23. The van der Waals surface area contributed by atoms with Crippen LogP contribution >= 0.6 is 11.3 Å². The Morgan fingerprint density at radius 3 is 2.22 bits per heavy atom. The SMILES string of the molecule is COC(=O)C(Cc1ccc(OCCN(C(=O)C=Cc2cccs2)c2ccccc2)cc1)Nc1ccccc1C(=O)c1ccccc1. The molecule has 46 heavy (non-hydrogen) atoms. The van der Waals surface area contributed by atoms with Crippen LogP contribution in [0.4, 0.5) is 11.4 Å². The molecule has 1 heterocycles. The van der Waals surface area contributed by atoms with Crippen molar-refractivity contribution in [1.29, 1.82) is 0 Å². The standard InChI is InChI=1S/C38H34N2O5S/c1-44-38(43)35(39-34-17-9-8-16-33(34)37(42)29-11-4-2-5-12-29)27-28-18-20-31(21-19-28)45-25-24-40(30-13-6-3-7-14-30)36(41)23-22-32-15-10-26-46-32/h2-23,26,35,39H,24-25,27H2,1H3. The van der Waals surface area contributed by atoms with Gasteiger partial charge in [-0.05, 0) is 59.5 Å². The number of amides is 1.